The number of ether oxygens (including phenoxy) is 3. The van der Waals surface area contributed by atoms with Gasteiger partial charge in [0.15, 0.2) is 11.5 Å². The average molecular weight is 392 g/mol. The van der Waals surface area contributed by atoms with Crippen LogP contribution in [0.2, 0.25) is 0 Å². The molecule has 150 valence electrons. The van der Waals surface area contributed by atoms with Crippen LogP contribution in [-0.4, -0.2) is 38.3 Å². The molecule has 0 aromatic heterocycles. The lowest BCUT2D eigenvalue weighted by Gasteiger charge is -2.17. The van der Waals surface area contributed by atoms with Gasteiger partial charge >= 0.3 is 0 Å². The summed E-state index contributed by atoms with van der Waals surface area (Å²) < 4.78 is 15.9. The highest BCUT2D eigenvalue weighted by Crippen LogP contribution is 2.34. The molecule has 3 aromatic rings. The Morgan fingerprint density at radius 1 is 1.03 bits per heavy atom. The normalized spacial score (nSPS) is 12.4. The summed E-state index contributed by atoms with van der Waals surface area (Å²) in [6.07, 6.45) is 0.412. The van der Waals surface area contributed by atoms with Crippen LogP contribution >= 0.6 is 0 Å². The van der Waals surface area contributed by atoms with Crippen LogP contribution in [0.3, 0.4) is 0 Å². The minimum atomic E-state index is -0.0266. The molecular weight excluding hydrogens is 368 g/mol. The number of hydrogen-bond acceptors (Lipinski definition) is 5. The molecule has 6 heteroatoms. The number of benzene rings is 3. The quantitative estimate of drug-likeness (QED) is 0.658. The molecule has 3 aromatic carbocycles. The van der Waals surface area contributed by atoms with Gasteiger partial charge in [-0.1, -0.05) is 18.2 Å². The van der Waals surface area contributed by atoms with E-state index in [0.717, 1.165) is 17.7 Å². The van der Waals surface area contributed by atoms with Crippen LogP contribution in [0.1, 0.15) is 12.0 Å². The molecule has 1 aliphatic rings. The lowest BCUT2D eigenvalue weighted by Crippen LogP contribution is -2.24. The molecule has 1 N–H and O–H groups in total. The Morgan fingerprint density at radius 3 is 2.69 bits per heavy atom. The van der Waals surface area contributed by atoms with Crippen LogP contribution in [-0.2, 0) is 11.3 Å². The molecule has 0 aliphatic carbocycles. The predicted molar refractivity (Wildman–Crippen MR) is 113 cm³/mol. The molecule has 1 heterocycles. The summed E-state index contributed by atoms with van der Waals surface area (Å²) in [5.74, 6) is 2.20. The van der Waals surface area contributed by atoms with Crippen molar-refractivity contribution in [2.75, 3.05) is 32.8 Å². The first kappa shape index (κ1) is 19.1. The van der Waals surface area contributed by atoms with Crippen LogP contribution in [0.4, 0.5) is 5.69 Å². The summed E-state index contributed by atoms with van der Waals surface area (Å²) in [6.45, 7) is 1.66. The van der Waals surface area contributed by atoms with Crippen LogP contribution < -0.4 is 19.5 Å². The van der Waals surface area contributed by atoms with Crippen LogP contribution in [0.15, 0.2) is 54.6 Å². The molecule has 0 fully saturated rings. The molecule has 29 heavy (non-hydrogen) atoms. The first-order valence-corrected chi connectivity index (χ1v) is 9.55. The van der Waals surface area contributed by atoms with Crippen LogP contribution in [0.5, 0.6) is 17.2 Å². The summed E-state index contributed by atoms with van der Waals surface area (Å²) in [4.78, 5) is 14.4. The van der Waals surface area contributed by atoms with Crippen molar-refractivity contribution in [3.8, 4) is 17.2 Å². The fourth-order valence-corrected chi connectivity index (χ4v) is 3.38. The Kier molecular flexibility index (Phi) is 5.53. The van der Waals surface area contributed by atoms with Crippen LogP contribution in [0, 0.1) is 0 Å². The average Bonchev–Trinajstić information content (AvgIpc) is 3.20. The van der Waals surface area contributed by atoms with Crippen LogP contribution in [0.25, 0.3) is 10.8 Å². The van der Waals surface area contributed by atoms with E-state index in [-0.39, 0.29) is 12.7 Å². The molecule has 0 unspecified atom stereocenters. The smallest absolute Gasteiger partial charge is 0.231 e. The van der Waals surface area contributed by atoms with Crippen molar-refractivity contribution in [3.63, 3.8) is 0 Å². The monoisotopic (exact) mass is 392 g/mol. The fourth-order valence-electron chi connectivity index (χ4n) is 3.38. The third-order valence-corrected chi connectivity index (χ3v) is 4.94. The maximum absolute atomic E-state index is 12.3. The summed E-state index contributed by atoms with van der Waals surface area (Å²) in [6, 6.07) is 17.9. The van der Waals surface area contributed by atoms with Gasteiger partial charge in [-0.15, -0.1) is 0 Å². The molecule has 1 aliphatic heterocycles. The van der Waals surface area contributed by atoms with Crippen molar-refractivity contribution in [1.29, 1.82) is 0 Å². The number of amides is 1. The van der Waals surface area contributed by atoms with E-state index in [0.29, 0.717) is 30.2 Å². The van der Waals surface area contributed by atoms with Gasteiger partial charge < -0.3 is 24.4 Å². The Hall–Kier alpha value is -3.25. The van der Waals surface area contributed by atoms with Gasteiger partial charge in [0.2, 0.25) is 12.7 Å². The second kappa shape index (κ2) is 8.41. The van der Waals surface area contributed by atoms with Gasteiger partial charge in [-0.3, -0.25) is 4.79 Å². The molecule has 0 saturated carbocycles. The molecule has 0 saturated heterocycles. The highest BCUT2D eigenvalue weighted by atomic mass is 16.7. The van der Waals surface area contributed by atoms with E-state index in [1.165, 1.54) is 10.9 Å². The predicted octanol–water partition coefficient (Wildman–Crippen LogP) is 4.04. The van der Waals surface area contributed by atoms with E-state index < -0.39 is 0 Å². The minimum Gasteiger partial charge on any atom is -0.497 e. The zero-order valence-corrected chi connectivity index (χ0v) is 16.6. The zero-order chi connectivity index (χ0) is 20.2. The number of rotatable bonds is 7. The maximum Gasteiger partial charge on any atom is 0.231 e. The van der Waals surface area contributed by atoms with E-state index in [2.05, 4.69) is 34.5 Å². The van der Waals surface area contributed by atoms with Crippen molar-refractivity contribution in [3.05, 3.63) is 60.2 Å². The Balaban J connectivity index is 1.29. The second-order valence-electron chi connectivity index (χ2n) is 7.15. The van der Waals surface area contributed by atoms with E-state index >= 15 is 0 Å². The van der Waals surface area contributed by atoms with E-state index in [1.54, 1.807) is 19.2 Å². The number of carbonyl (C=O) groups excluding carboxylic acids is 1. The number of fused-ring (bicyclic) bond motifs is 2. The highest BCUT2D eigenvalue weighted by Gasteiger charge is 2.14. The van der Waals surface area contributed by atoms with Gasteiger partial charge in [-0.25, -0.2) is 0 Å². The maximum atomic E-state index is 12.3. The number of anilines is 1. The van der Waals surface area contributed by atoms with Gasteiger partial charge in [-0.2, -0.15) is 0 Å². The van der Waals surface area contributed by atoms with Crippen molar-refractivity contribution in [2.24, 2.45) is 0 Å². The van der Waals surface area contributed by atoms with Gasteiger partial charge in [0.05, 0.1) is 7.11 Å². The molecule has 0 radical (unpaired) electrons. The van der Waals surface area contributed by atoms with E-state index in [9.17, 15) is 4.79 Å². The number of methoxy groups -OCH3 is 1. The minimum absolute atomic E-state index is 0.0266. The Bertz CT molecular complexity index is 1030. The highest BCUT2D eigenvalue weighted by molar-refractivity contribution is 5.91. The fraction of sp³-hybridized carbons (Fsp3) is 0.261. The topological polar surface area (TPSA) is 60.0 Å². The molecule has 0 atom stereocenters. The Labute approximate surface area is 170 Å². The van der Waals surface area contributed by atoms with Gasteiger partial charge in [0, 0.05) is 31.3 Å². The van der Waals surface area contributed by atoms with Gasteiger partial charge in [0.25, 0.3) is 0 Å². The molecule has 0 bridgehead atoms. The largest absolute Gasteiger partial charge is 0.497 e. The lowest BCUT2D eigenvalue weighted by molar-refractivity contribution is -0.116. The SMILES string of the molecule is COc1ccc2cc(CN(C)CCC(=O)Nc3ccc4c(c3)OCO4)ccc2c1. The molecule has 1 amide bonds. The number of hydrogen-bond donors (Lipinski definition) is 1. The van der Waals surface area contributed by atoms with E-state index in [4.69, 9.17) is 14.2 Å². The molecule has 0 spiro atoms. The number of carbonyl (C=O) groups is 1. The Morgan fingerprint density at radius 2 is 1.83 bits per heavy atom. The third kappa shape index (κ3) is 4.60. The zero-order valence-electron chi connectivity index (χ0n) is 16.6. The molecule has 4 rings (SSSR count). The second-order valence-corrected chi connectivity index (χ2v) is 7.15. The molecule has 6 nitrogen and oxygen atoms in total. The molecular formula is C23H24N2O4. The van der Waals surface area contributed by atoms with Crippen molar-refractivity contribution >= 4 is 22.4 Å². The summed E-state index contributed by atoms with van der Waals surface area (Å²) in [5.41, 5.74) is 1.92. The summed E-state index contributed by atoms with van der Waals surface area (Å²) >= 11 is 0. The number of nitrogens with zero attached hydrogens (tertiary/aromatic N) is 1. The van der Waals surface area contributed by atoms with Gasteiger partial charge in [-0.05, 0) is 53.7 Å². The van der Waals surface area contributed by atoms with Crippen molar-refractivity contribution < 1.29 is 19.0 Å². The van der Waals surface area contributed by atoms with Gasteiger partial charge in [0.1, 0.15) is 5.75 Å². The first-order chi connectivity index (χ1) is 14.1. The third-order valence-electron chi connectivity index (χ3n) is 4.94. The summed E-state index contributed by atoms with van der Waals surface area (Å²) in [5, 5.41) is 5.24. The lowest BCUT2D eigenvalue weighted by atomic mass is 10.1. The standard InChI is InChI=1S/C23H24N2O4/c1-25(14-16-3-4-18-12-20(27-2)7-5-17(18)11-16)10-9-23(26)24-19-6-8-21-22(13-19)29-15-28-21/h3-8,11-13H,9-10,14-15H2,1-2H3,(H,24,26). The van der Waals surface area contributed by atoms with Crippen molar-refractivity contribution in [2.45, 2.75) is 13.0 Å². The summed E-state index contributed by atoms with van der Waals surface area (Å²) in [7, 11) is 3.69. The first-order valence-electron chi connectivity index (χ1n) is 9.55. The number of nitrogens with one attached hydrogen (secondary N) is 1. The van der Waals surface area contributed by atoms with E-state index in [1.807, 2.05) is 25.2 Å². The van der Waals surface area contributed by atoms with Crippen molar-refractivity contribution in [1.82, 2.24) is 4.90 Å².